The van der Waals surface area contributed by atoms with Gasteiger partial charge in [0.15, 0.2) is 0 Å². The molecule has 0 fully saturated rings. The Labute approximate surface area is 78.5 Å². The predicted molar refractivity (Wildman–Crippen MR) is 50.0 cm³/mol. The number of hydrogen-bond donors (Lipinski definition) is 0. The summed E-state index contributed by atoms with van der Waals surface area (Å²) >= 11 is 0. The first-order valence-electron chi connectivity index (χ1n) is 4.15. The first kappa shape index (κ1) is 9.93. The lowest BCUT2D eigenvalue weighted by Crippen LogP contribution is -2.06. The number of ether oxygens (including phenoxy) is 1. The molecule has 2 nitrogen and oxygen atoms in total. The van der Waals surface area contributed by atoms with Crippen LogP contribution in [0.2, 0.25) is 0 Å². The van der Waals surface area contributed by atoms with Gasteiger partial charge in [-0.2, -0.15) is 0 Å². The fourth-order valence-corrected chi connectivity index (χ4v) is 0.926. The Hall–Kier alpha value is -1.15. The van der Waals surface area contributed by atoms with Crippen molar-refractivity contribution < 1.29 is 9.53 Å². The van der Waals surface area contributed by atoms with Crippen molar-refractivity contribution in [3.05, 3.63) is 42.8 Å². The van der Waals surface area contributed by atoms with Gasteiger partial charge in [-0.1, -0.05) is 30.3 Å². The monoisotopic (exact) mass is 176 g/mol. The molecule has 2 radical (unpaired) electrons. The first-order chi connectivity index (χ1) is 6.33. The van der Waals surface area contributed by atoms with Gasteiger partial charge < -0.3 is 9.53 Å². The van der Waals surface area contributed by atoms with Crippen LogP contribution in [-0.2, 0) is 16.1 Å². The maximum Gasteiger partial charge on any atom is 0.125 e. The molecule has 1 aromatic rings. The number of carbonyl (C=O) groups excluding carboxylic acids is 1. The normalized spacial score (nSPS) is 12.4. The quantitative estimate of drug-likeness (QED) is 0.638. The smallest absolute Gasteiger partial charge is 0.125 e. The molecule has 1 atom stereocenters. The van der Waals surface area contributed by atoms with Crippen molar-refractivity contribution in [2.24, 2.45) is 5.92 Å². The molecule has 2 heteroatoms. The summed E-state index contributed by atoms with van der Waals surface area (Å²) in [5.41, 5.74) is 1.08. The van der Waals surface area contributed by atoms with Gasteiger partial charge in [0.2, 0.25) is 0 Å². The van der Waals surface area contributed by atoms with E-state index in [0.717, 1.165) is 5.56 Å². The summed E-state index contributed by atoms with van der Waals surface area (Å²) in [7, 11) is 0. The molecule has 13 heavy (non-hydrogen) atoms. The Balaban J connectivity index is 2.24. The third-order valence-electron chi connectivity index (χ3n) is 1.60. The SMILES string of the molecule is [CH][C@H](C=O)COCc1ccccc1. The van der Waals surface area contributed by atoms with E-state index in [1.54, 1.807) is 0 Å². The summed E-state index contributed by atoms with van der Waals surface area (Å²) in [6, 6.07) is 9.76. The average molecular weight is 176 g/mol. The topological polar surface area (TPSA) is 26.3 Å². The highest BCUT2D eigenvalue weighted by molar-refractivity contribution is 5.54. The number of hydrogen-bond acceptors (Lipinski definition) is 2. The van der Waals surface area contributed by atoms with Crippen molar-refractivity contribution in [1.82, 2.24) is 0 Å². The second kappa shape index (κ2) is 5.49. The van der Waals surface area contributed by atoms with Crippen molar-refractivity contribution in [3.8, 4) is 0 Å². The lowest BCUT2D eigenvalue weighted by Gasteiger charge is -2.05. The molecule has 0 amide bonds. The summed E-state index contributed by atoms with van der Waals surface area (Å²) in [5, 5.41) is 0. The second-order valence-electron chi connectivity index (χ2n) is 2.80. The van der Waals surface area contributed by atoms with Gasteiger partial charge in [0, 0.05) is 5.92 Å². The third-order valence-corrected chi connectivity index (χ3v) is 1.60. The van der Waals surface area contributed by atoms with Crippen molar-refractivity contribution in [3.63, 3.8) is 0 Å². The Bertz CT molecular complexity index is 244. The summed E-state index contributed by atoms with van der Waals surface area (Å²) < 4.78 is 5.22. The second-order valence-corrected chi connectivity index (χ2v) is 2.80. The summed E-state index contributed by atoms with van der Waals surface area (Å²) in [6.45, 7) is 6.12. The molecule has 0 bridgehead atoms. The van der Waals surface area contributed by atoms with Gasteiger partial charge >= 0.3 is 0 Å². The van der Waals surface area contributed by atoms with Gasteiger partial charge in [-0.05, 0) is 12.5 Å². The molecule has 1 rings (SSSR count). The van der Waals surface area contributed by atoms with Crippen molar-refractivity contribution in [2.75, 3.05) is 6.61 Å². The van der Waals surface area contributed by atoms with Crippen LogP contribution in [0, 0.1) is 12.8 Å². The highest BCUT2D eigenvalue weighted by Gasteiger charge is 1.99. The number of aldehydes is 1. The first-order valence-corrected chi connectivity index (χ1v) is 4.15. The zero-order valence-electron chi connectivity index (χ0n) is 7.35. The van der Waals surface area contributed by atoms with Gasteiger partial charge in [0.05, 0.1) is 13.2 Å². The van der Waals surface area contributed by atoms with E-state index in [0.29, 0.717) is 12.9 Å². The van der Waals surface area contributed by atoms with E-state index >= 15 is 0 Å². The molecule has 0 spiro atoms. The molecule has 0 aliphatic carbocycles. The van der Waals surface area contributed by atoms with Crippen LogP contribution in [0.5, 0.6) is 0 Å². The van der Waals surface area contributed by atoms with Crippen LogP contribution in [0.4, 0.5) is 0 Å². The molecule has 0 heterocycles. The molecule has 1 aromatic carbocycles. The summed E-state index contributed by atoms with van der Waals surface area (Å²) in [5.74, 6) is -0.510. The summed E-state index contributed by atoms with van der Waals surface area (Å²) in [6.07, 6.45) is 0.686. The van der Waals surface area contributed by atoms with Crippen LogP contribution in [0.3, 0.4) is 0 Å². The molecule has 0 N–H and O–H groups in total. The zero-order chi connectivity index (χ0) is 9.52. The molecule has 0 saturated carbocycles. The molecule has 0 unspecified atom stereocenters. The summed E-state index contributed by atoms with van der Waals surface area (Å²) in [4.78, 5) is 10.1. The Morgan fingerprint density at radius 2 is 2.08 bits per heavy atom. The molecule has 68 valence electrons. The largest absolute Gasteiger partial charge is 0.376 e. The molecule has 0 aliphatic rings. The van der Waals surface area contributed by atoms with Crippen LogP contribution in [-0.4, -0.2) is 12.9 Å². The van der Waals surface area contributed by atoms with E-state index in [1.165, 1.54) is 0 Å². The van der Waals surface area contributed by atoms with Gasteiger partial charge in [-0.3, -0.25) is 0 Å². The minimum atomic E-state index is -0.510. The maximum atomic E-state index is 10.1. The van der Waals surface area contributed by atoms with E-state index in [9.17, 15) is 4.79 Å². The van der Waals surface area contributed by atoms with Crippen molar-refractivity contribution in [1.29, 1.82) is 0 Å². The Morgan fingerprint density at radius 3 is 2.69 bits per heavy atom. The lowest BCUT2D eigenvalue weighted by molar-refractivity contribution is -0.111. The fourth-order valence-electron chi connectivity index (χ4n) is 0.926. The van der Waals surface area contributed by atoms with Gasteiger partial charge in [-0.15, -0.1) is 0 Å². The van der Waals surface area contributed by atoms with Crippen LogP contribution in [0.1, 0.15) is 5.56 Å². The van der Waals surface area contributed by atoms with Crippen LogP contribution >= 0.6 is 0 Å². The van der Waals surface area contributed by atoms with Gasteiger partial charge in [0.1, 0.15) is 6.29 Å². The fraction of sp³-hybridized carbons (Fsp3) is 0.273. The van der Waals surface area contributed by atoms with E-state index in [4.69, 9.17) is 11.7 Å². The standard InChI is InChI=1S/C11H12O2/c1-10(7-12)8-13-9-11-5-3-2-4-6-11/h1-7,10H,8-9H2/t10-/m1/s1. The van der Waals surface area contributed by atoms with E-state index in [2.05, 4.69) is 0 Å². The highest BCUT2D eigenvalue weighted by atomic mass is 16.5. The van der Waals surface area contributed by atoms with Gasteiger partial charge in [-0.25, -0.2) is 0 Å². The molecule has 0 saturated heterocycles. The predicted octanol–water partition coefficient (Wildman–Crippen LogP) is 1.73. The lowest BCUT2D eigenvalue weighted by atomic mass is 10.2. The highest BCUT2D eigenvalue weighted by Crippen LogP contribution is 2.01. The Kier molecular flexibility index (Phi) is 4.19. The van der Waals surface area contributed by atoms with Gasteiger partial charge in [0.25, 0.3) is 0 Å². The Morgan fingerprint density at radius 1 is 1.38 bits per heavy atom. The number of carbonyl (C=O) groups is 1. The maximum absolute atomic E-state index is 10.1. The minimum absolute atomic E-state index is 0.276. The average Bonchev–Trinajstić information content (AvgIpc) is 2.19. The van der Waals surface area contributed by atoms with Crippen LogP contribution in [0.25, 0.3) is 0 Å². The number of rotatable bonds is 5. The zero-order valence-corrected chi connectivity index (χ0v) is 7.35. The van der Waals surface area contributed by atoms with E-state index in [1.807, 2.05) is 30.3 Å². The van der Waals surface area contributed by atoms with Crippen molar-refractivity contribution >= 4 is 6.29 Å². The number of benzene rings is 1. The van der Waals surface area contributed by atoms with E-state index < -0.39 is 5.92 Å². The molecular weight excluding hydrogens is 164 g/mol. The van der Waals surface area contributed by atoms with Crippen LogP contribution < -0.4 is 0 Å². The molecule has 0 aromatic heterocycles. The minimum Gasteiger partial charge on any atom is -0.376 e. The van der Waals surface area contributed by atoms with Crippen molar-refractivity contribution in [2.45, 2.75) is 6.61 Å². The van der Waals surface area contributed by atoms with E-state index in [-0.39, 0.29) is 6.61 Å². The molecule has 0 aliphatic heterocycles. The third kappa shape index (κ3) is 3.85. The molecular formula is C11H12O2. The van der Waals surface area contributed by atoms with Crippen LogP contribution in [0.15, 0.2) is 30.3 Å².